The molecule has 2 aromatic rings. The van der Waals surface area contributed by atoms with Crippen molar-refractivity contribution in [1.82, 2.24) is 14.9 Å². The average Bonchev–Trinajstić information content (AvgIpc) is 3.10. The Morgan fingerprint density at radius 2 is 2.22 bits per heavy atom. The number of aromatic nitrogens is 2. The van der Waals surface area contributed by atoms with Crippen molar-refractivity contribution in [3.05, 3.63) is 64.7 Å². The van der Waals surface area contributed by atoms with Gasteiger partial charge in [0.1, 0.15) is 0 Å². The maximum atomic E-state index is 11.3. The van der Waals surface area contributed by atoms with E-state index in [1.54, 1.807) is 18.5 Å². The molecule has 1 aliphatic rings. The highest BCUT2D eigenvalue weighted by Gasteiger charge is 2.28. The van der Waals surface area contributed by atoms with Crippen LogP contribution in [-0.4, -0.2) is 46.2 Å². The van der Waals surface area contributed by atoms with Crippen LogP contribution in [-0.2, 0) is 22.5 Å². The normalized spacial score (nSPS) is 16.1. The average molecular weight is 367 g/mol. The van der Waals surface area contributed by atoms with Crippen molar-refractivity contribution in [2.24, 2.45) is 0 Å². The molecule has 27 heavy (non-hydrogen) atoms. The minimum Gasteiger partial charge on any atom is -0.466 e. The number of hydrogen-bond acceptors (Lipinski definition) is 6. The third-order valence-electron chi connectivity index (χ3n) is 4.85. The highest BCUT2D eigenvalue weighted by atomic mass is 16.5. The smallest absolute Gasteiger partial charge is 0.330 e. The Balaban J connectivity index is 1.78. The standard InChI is InChI=1S/C21H25N3O3/c1-15-12-23-18(13-22-15)14-24(9-10-25)20-7-5-17-11-16(3-6-19(17)20)4-8-21(26)27-2/h3-4,6,8,11-13,20,25H,5,7,9-10,14H2,1-2H3. The number of rotatable bonds is 7. The lowest BCUT2D eigenvalue weighted by molar-refractivity contribution is -0.134. The fourth-order valence-corrected chi connectivity index (χ4v) is 3.51. The summed E-state index contributed by atoms with van der Waals surface area (Å²) in [5.74, 6) is -0.360. The quantitative estimate of drug-likeness (QED) is 0.598. The Hall–Kier alpha value is -2.57. The molecule has 1 aromatic carbocycles. The van der Waals surface area contributed by atoms with Crippen molar-refractivity contribution in [1.29, 1.82) is 0 Å². The summed E-state index contributed by atoms with van der Waals surface area (Å²) >= 11 is 0. The van der Waals surface area contributed by atoms with Gasteiger partial charge >= 0.3 is 5.97 Å². The number of ether oxygens (including phenoxy) is 1. The number of benzene rings is 1. The number of aliphatic hydroxyl groups is 1. The minimum atomic E-state index is -0.360. The Labute approximate surface area is 159 Å². The van der Waals surface area contributed by atoms with Crippen molar-refractivity contribution in [2.45, 2.75) is 32.4 Å². The lowest BCUT2D eigenvalue weighted by Crippen LogP contribution is -2.30. The molecule has 0 amide bonds. The van der Waals surface area contributed by atoms with E-state index in [-0.39, 0.29) is 18.6 Å². The van der Waals surface area contributed by atoms with Crippen LogP contribution >= 0.6 is 0 Å². The first-order valence-corrected chi connectivity index (χ1v) is 9.12. The van der Waals surface area contributed by atoms with Crippen molar-refractivity contribution < 1.29 is 14.6 Å². The Morgan fingerprint density at radius 1 is 1.37 bits per heavy atom. The molecule has 0 saturated carbocycles. The van der Waals surface area contributed by atoms with Gasteiger partial charge in [0.25, 0.3) is 0 Å². The van der Waals surface area contributed by atoms with Crippen LogP contribution in [0.4, 0.5) is 0 Å². The molecule has 0 bridgehead atoms. The molecule has 0 fully saturated rings. The van der Waals surface area contributed by atoms with Crippen molar-refractivity contribution in [3.63, 3.8) is 0 Å². The van der Waals surface area contributed by atoms with Gasteiger partial charge < -0.3 is 9.84 Å². The number of aryl methyl sites for hydroxylation is 2. The molecule has 142 valence electrons. The molecule has 0 saturated heterocycles. The molecule has 6 heteroatoms. The first-order valence-electron chi connectivity index (χ1n) is 9.12. The monoisotopic (exact) mass is 367 g/mol. The zero-order valence-corrected chi connectivity index (χ0v) is 15.8. The summed E-state index contributed by atoms with van der Waals surface area (Å²) in [4.78, 5) is 22.3. The summed E-state index contributed by atoms with van der Waals surface area (Å²) in [6.07, 6.45) is 8.75. The molecule has 6 nitrogen and oxygen atoms in total. The summed E-state index contributed by atoms with van der Waals surface area (Å²) < 4.78 is 4.64. The van der Waals surface area contributed by atoms with Crippen LogP contribution in [0.1, 0.15) is 40.5 Å². The van der Waals surface area contributed by atoms with E-state index < -0.39 is 0 Å². The van der Waals surface area contributed by atoms with Crippen LogP contribution in [0.5, 0.6) is 0 Å². The number of esters is 1. The summed E-state index contributed by atoms with van der Waals surface area (Å²) in [7, 11) is 1.37. The van der Waals surface area contributed by atoms with Gasteiger partial charge in [-0.2, -0.15) is 0 Å². The van der Waals surface area contributed by atoms with Gasteiger partial charge in [-0.3, -0.25) is 14.9 Å². The van der Waals surface area contributed by atoms with Crippen LogP contribution in [0.25, 0.3) is 6.08 Å². The molecule has 0 spiro atoms. The van der Waals surface area contributed by atoms with E-state index in [4.69, 9.17) is 0 Å². The lowest BCUT2D eigenvalue weighted by atomic mass is 10.0. The number of nitrogens with zero attached hydrogens (tertiary/aromatic N) is 3. The molecule has 0 radical (unpaired) electrons. The number of hydrogen-bond donors (Lipinski definition) is 1. The van der Waals surface area contributed by atoms with Crippen molar-refractivity contribution >= 4 is 12.0 Å². The Bertz CT molecular complexity index is 818. The SMILES string of the molecule is COC(=O)C=Cc1ccc2c(c1)CCC2N(CCO)Cc1cnc(C)cn1. The van der Waals surface area contributed by atoms with Gasteiger partial charge in [-0.25, -0.2) is 4.79 Å². The third-order valence-corrected chi connectivity index (χ3v) is 4.85. The number of fused-ring (bicyclic) bond motifs is 1. The summed E-state index contributed by atoms with van der Waals surface area (Å²) in [6, 6.07) is 6.50. The van der Waals surface area contributed by atoms with Crippen LogP contribution in [0.3, 0.4) is 0 Å². The first kappa shape index (κ1) is 19.2. The van der Waals surface area contributed by atoms with Gasteiger partial charge in [-0.05, 0) is 42.5 Å². The third kappa shape index (κ3) is 4.78. The Morgan fingerprint density at radius 3 is 2.93 bits per heavy atom. The molecule has 1 heterocycles. The molecule has 1 aromatic heterocycles. The number of methoxy groups -OCH3 is 1. The van der Waals surface area contributed by atoms with Crippen molar-refractivity contribution in [2.75, 3.05) is 20.3 Å². The summed E-state index contributed by atoms with van der Waals surface area (Å²) in [5.41, 5.74) is 5.34. The van der Waals surface area contributed by atoms with E-state index in [0.717, 1.165) is 29.8 Å². The molecular formula is C21H25N3O3. The van der Waals surface area contributed by atoms with Crippen LogP contribution in [0.2, 0.25) is 0 Å². The number of carbonyl (C=O) groups is 1. The highest BCUT2D eigenvalue weighted by Crippen LogP contribution is 2.37. The van der Waals surface area contributed by atoms with Crippen LogP contribution in [0, 0.1) is 6.92 Å². The zero-order chi connectivity index (χ0) is 19.2. The van der Waals surface area contributed by atoms with E-state index in [0.29, 0.717) is 13.1 Å². The van der Waals surface area contributed by atoms with Gasteiger partial charge in [-0.1, -0.05) is 18.2 Å². The van der Waals surface area contributed by atoms with Gasteiger partial charge in [0.05, 0.1) is 25.1 Å². The largest absolute Gasteiger partial charge is 0.466 e. The second-order valence-electron chi connectivity index (χ2n) is 6.71. The van der Waals surface area contributed by atoms with Crippen LogP contribution < -0.4 is 0 Å². The maximum Gasteiger partial charge on any atom is 0.330 e. The van der Waals surface area contributed by atoms with Crippen molar-refractivity contribution in [3.8, 4) is 0 Å². The van der Waals surface area contributed by atoms with Gasteiger partial charge in [0.2, 0.25) is 0 Å². The predicted octanol–water partition coefficient (Wildman–Crippen LogP) is 2.45. The molecule has 1 aliphatic carbocycles. The molecular weight excluding hydrogens is 342 g/mol. The molecule has 3 rings (SSSR count). The molecule has 1 atom stereocenters. The predicted molar refractivity (Wildman–Crippen MR) is 103 cm³/mol. The fraction of sp³-hybridized carbons (Fsp3) is 0.381. The maximum absolute atomic E-state index is 11.3. The van der Waals surface area contributed by atoms with E-state index in [2.05, 4.69) is 31.7 Å². The van der Waals surface area contributed by atoms with Gasteiger partial charge in [0.15, 0.2) is 0 Å². The fourth-order valence-electron chi connectivity index (χ4n) is 3.51. The lowest BCUT2D eigenvalue weighted by Gasteiger charge is -2.28. The second kappa shape index (κ2) is 8.88. The van der Waals surface area contributed by atoms with E-state index in [9.17, 15) is 9.90 Å². The molecule has 0 aliphatic heterocycles. The van der Waals surface area contributed by atoms with Gasteiger partial charge in [-0.15, -0.1) is 0 Å². The zero-order valence-electron chi connectivity index (χ0n) is 15.8. The topological polar surface area (TPSA) is 75.5 Å². The molecule has 1 unspecified atom stereocenters. The minimum absolute atomic E-state index is 0.102. The van der Waals surface area contributed by atoms with E-state index in [1.807, 2.05) is 13.0 Å². The molecule has 1 N–H and O–H groups in total. The number of carbonyl (C=O) groups excluding carboxylic acids is 1. The van der Waals surface area contributed by atoms with Gasteiger partial charge in [0, 0.05) is 37.6 Å². The second-order valence-corrected chi connectivity index (χ2v) is 6.71. The Kier molecular flexibility index (Phi) is 6.32. The first-order chi connectivity index (χ1) is 13.1. The van der Waals surface area contributed by atoms with E-state index >= 15 is 0 Å². The summed E-state index contributed by atoms with van der Waals surface area (Å²) in [5, 5.41) is 9.53. The number of aliphatic hydroxyl groups excluding tert-OH is 1. The summed E-state index contributed by atoms with van der Waals surface area (Å²) in [6.45, 7) is 3.26. The highest BCUT2D eigenvalue weighted by molar-refractivity contribution is 5.86. The van der Waals surface area contributed by atoms with E-state index in [1.165, 1.54) is 24.3 Å². The van der Waals surface area contributed by atoms with Crippen LogP contribution in [0.15, 0.2) is 36.7 Å².